The molecule has 112 valence electrons. The fourth-order valence-corrected chi connectivity index (χ4v) is 2.73. The Morgan fingerprint density at radius 2 is 1.48 bits per heavy atom. The summed E-state index contributed by atoms with van der Waals surface area (Å²) in [5.41, 5.74) is 2.62. The van der Waals surface area contributed by atoms with Gasteiger partial charge in [-0.1, -0.05) is 67.9 Å². The highest BCUT2D eigenvalue weighted by Crippen LogP contribution is 2.25. The molecule has 2 rings (SSSR count). The summed E-state index contributed by atoms with van der Waals surface area (Å²) in [6.07, 6.45) is 1.13. The van der Waals surface area contributed by atoms with Gasteiger partial charge in [0.25, 0.3) is 0 Å². The normalized spacial score (nSPS) is 14.1. The molecular weight excluding hydrogens is 278 g/mol. The zero-order valence-electron chi connectivity index (χ0n) is 13.0. The Kier molecular flexibility index (Phi) is 5.84. The van der Waals surface area contributed by atoms with Crippen molar-refractivity contribution < 1.29 is 0 Å². The van der Waals surface area contributed by atoms with Crippen LogP contribution in [-0.4, -0.2) is 0 Å². The average molecular weight is 302 g/mol. The first kappa shape index (κ1) is 16.1. The van der Waals surface area contributed by atoms with E-state index in [0.717, 1.165) is 11.4 Å². The summed E-state index contributed by atoms with van der Waals surface area (Å²) in [6, 6.07) is 19.5. The van der Waals surface area contributed by atoms with Gasteiger partial charge < -0.3 is 5.32 Å². The van der Waals surface area contributed by atoms with E-state index < -0.39 is 0 Å². The molecule has 2 aromatic rings. The quantitative estimate of drug-likeness (QED) is 0.713. The van der Waals surface area contributed by atoms with E-state index in [1.165, 1.54) is 11.1 Å². The van der Waals surface area contributed by atoms with E-state index >= 15 is 0 Å². The van der Waals surface area contributed by atoms with Crippen LogP contribution in [-0.2, 0) is 0 Å². The van der Waals surface area contributed by atoms with Gasteiger partial charge in [-0.25, -0.2) is 0 Å². The van der Waals surface area contributed by atoms with Crippen molar-refractivity contribution in [3.8, 4) is 0 Å². The molecule has 0 saturated carbocycles. The van der Waals surface area contributed by atoms with Crippen molar-refractivity contribution in [2.75, 3.05) is 0 Å². The van der Waals surface area contributed by atoms with Crippen molar-refractivity contribution in [1.29, 1.82) is 0 Å². The molecule has 0 heterocycles. The number of rotatable bonds is 6. The highest BCUT2D eigenvalue weighted by molar-refractivity contribution is 6.30. The third-order valence-electron chi connectivity index (χ3n) is 3.73. The molecule has 1 nitrogen and oxygen atoms in total. The number of hydrogen-bond acceptors (Lipinski definition) is 1. The molecule has 2 heteroatoms. The fourth-order valence-electron chi connectivity index (χ4n) is 2.61. The van der Waals surface area contributed by atoms with Crippen molar-refractivity contribution in [3.05, 3.63) is 70.7 Å². The van der Waals surface area contributed by atoms with E-state index in [9.17, 15) is 0 Å². The molecule has 0 radical (unpaired) electrons. The van der Waals surface area contributed by atoms with Crippen molar-refractivity contribution in [2.24, 2.45) is 5.92 Å². The lowest BCUT2D eigenvalue weighted by Crippen LogP contribution is -2.26. The second-order valence-corrected chi connectivity index (χ2v) is 6.47. The predicted molar refractivity (Wildman–Crippen MR) is 91.6 cm³/mol. The summed E-state index contributed by atoms with van der Waals surface area (Å²) in [7, 11) is 0. The molecule has 1 unspecified atom stereocenters. The van der Waals surface area contributed by atoms with Gasteiger partial charge in [-0.3, -0.25) is 0 Å². The van der Waals surface area contributed by atoms with Crippen molar-refractivity contribution in [1.82, 2.24) is 5.32 Å². The summed E-state index contributed by atoms with van der Waals surface area (Å²) in [5, 5.41) is 4.54. The molecule has 2 atom stereocenters. The van der Waals surface area contributed by atoms with Crippen molar-refractivity contribution >= 4 is 11.6 Å². The smallest absolute Gasteiger partial charge is 0.0406 e. The first-order chi connectivity index (χ1) is 10.1. The van der Waals surface area contributed by atoms with Crippen LogP contribution in [0.5, 0.6) is 0 Å². The Bertz CT molecular complexity index is 533. The third kappa shape index (κ3) is 4.87. The number of nitrogens with one attached hydrogen (secondary N) is 1. The Labute approximate surface area is 133 Å². The maximum atomic E-state index is 5.97. The highest BCUT2D eigenvalue weighted by atomic mass is 35.5. The van der Waals surface area contributed by atoms with Crippen LogP contribution in [0.25, 0.3) is 0 Å². The summed E-state index contributed by atoms with van der Waals surface area (Å²) in [5.74, 6) is 0.653. The van der Waals surface area contributed by atoms with Crippen LogP contribution < -0.4 is 5.32 Å². The van der Waals surface area contributed by atoms with E-state index in [-0.39, 0.29) is 0 Å². The molecule has 0 fully saturated rings. The molecule has 0 spiro atoms. The van der Waals surface area contributed by atoms with Crippen LogP contribution in [0.1, 0.15) is 50.4 Å². The van der Waals surface area contributed by atoms with Gasteiger partial charge in [0.15, 0.2) is 0 Å². The molecule has 0 aliphatic carbocycles. The minimum atomic E-state index is 0.297. The first-order valence-electron chi connectivity index (χ1n) is 7.62. The van der Waals surface area contributed by atoms with Crippen molar-refractivity contribution in [3.63, 3.8) is 0 Å². The lowest BCUT2D eigenvalue weighted by Gasteiger charge is -2.25. The van der Waals surface area contributed by atoms with Crippen molar-refractivity contribution in [2.45, 2.75) is 39.3 Å². The minimum Gasteiger partial charge on any atom is -0.303 e. The minimum absolute atomic E-state index is 0.297. The lowest BCUT2D eigenvalue weighted by molar-refractivity contribution is 0.394. The molecule has 21 heavy (non-hydrogen) atoms. The average Bonchev–Trinajstić information content (AvgIpc) is 2.47. The van der Waals surface area contributed by atoms with Gasteiger partial charge >= 0.3 is 0 Å². The molecule has 0 aliphatic heterocycles. The highest BCUT2D eigenvalue weighted by Gasteiger charge is 2.16. The summed E-state index contributed by atoms with van der Waals surface area (Å²) < 4.78 is 0. The van der Waals surface area contributed by atoms with Crippen LogP contribution in [0.15, 0.2) is 54.6 Å². The fraction of sp³-hybridized carbons (Fsp3) is 0.368. The van der Waals surface area contributed by atoms with Crippen LogP contribution in [0.2, 0.25) is 5.02 Å². The maximum Gasteiger partial charge on any atom is 0.0406 e. The van der Waals surface area contributed by atoms with E-state index in [1.54, 1.807) is 0 Å². The lowest BCUT2D eigenvalue weighted by atomic mass is 9.95. The molecule has 0 aromatic heterocycles. The summed E-state index contributed by atoms with van der Waals surface area (Å²) in [6.45, 7) is 6.74. The largest absolute Gasteiger partial charge is 0.303 e. The van der Waals surface area contributed by atoms with Gasteiger partial charge in [0, 0.05) is 17.1 Å². The molecule has 0 saturated heterocycles. The van der Waals surface area contributed by atoms with Gasteiger partial charge in [-0.15, -0.1) is 0 Å². The summed E-state index contributed by atoms with van der Waals surface area (Å²) in [4.78, 5) is 0. The van der Waals surface area contributed by atoms with Crippen LogP contribution in [0, 0.1) is 5.92 Å². The van der Waals surface area contributed by atoms with E-state index in [2.05, 4.69) is 68.6 Å². The molecule has 0 bridgehead atoms. The standard InChI is InChI=1S/C19H24ClN/c1-14(2)13-19(17-7-5-4-6-8-17)21-15(3)16-9-11-18(20)12-10-16/h4-12,14-15,19,21H,13H2,1-3H3/t15-,19?/m0/s1. The zero-order chi connectivity index (χ0) is 15.2. The van der Waals surface area contributed by atoms with Crippen LogP contribution in [0.4, 0.5) is 0 Å². The number of hydrogen-bond donors (Lipinski definition) is 1. The van der Waals surface area contributed by atoms with Gasteiger partial charge in [-0.05, 0) is 42.5 Å². The number of benzene rings is 2. The third-order valence-corrected chi connectivity index (χ3v) is 3.98. The molecule has 0 aliphatic rings. The monoisotopic (exact) mass is 301 g/mol. The zero-order valence-corrected chi connectivity index (χ0v) is 13.8. The Hall–Kier alpha value is -1.31. The number of halogens is 1. The van der Waals surface area contributed by atoms with Crippen LogP contribution >= 0.6 is 11.6 Å². The maximum absolute atomic E-state index is 5.97. The second kappa shape index (κ2) is 7.63. The van der Waals surface area contributed by atoms with Crippen LogP contribution in [0.3, 0.4) is 0 Å². The topological polar surface area (TPSA) is 12.0 Å². The SMILES string of the molecule is CC(C)CC(N[C@@H](C)c1ccc(Cl)cc1)c1ccccc1. The first-order valence-corrected chi connectivity index (χ1v) is 8.00. The second-order valence-electron chi connectivity index (χ2n) is 6.03. The van der Waals surface area contributed by atoms with Gasteiger partial charge in [0.1, 0.15) is 0 Å². The van der Waals surface area contributed by atoms with E-state index in [0.29, 0.717) is 18.0 Å². The van der Waals surface area contributed by atoms with Gasteiger partial charge in [-0.2, -0.15) is 0 Å². The Morgan fingerprint density at radius 3 is 2.05 bits per heavy atom. The van der Waals surface area contributed by atoms with Gasteiger partial charge in [0.05, 0.1) is 0 Å². The van der Waals surface area contributed by atoms with Gasteiger partial charge in [0.2, 0.25) is 0 Å². The van der Waals surface area contributed by atoms with E-state index in [4.69, 9.17) is 11.6 Å². The molecule has 1 N–H and O–H groups in total. The predicted octanol–water partition coefficient (Wildman–Crippen LogP) is 5.78. The Morgan fingerprint density at radius 1 is 0.857 bits per heavy atom. The molecule has 2 aromatic carbocycles. The Balaban J connectivity index is 2.13. The summed E-state index contributed by atoms with van der Waals surface area (Å²) >= 11 is 5.97. The molecular formula is C19H24ClN. The molecule has 0 amide bonds. The van der Waals surface area contributed by atoms with E-state index in [1.807, 2.05) is 12.1 Å².